The second-order valence-electron chi connectivity index (χ2n) is 6.39. The quantitative estimate of drug-likeness (QED) is 0.269. The van der Waals surface area contributed by atoms with Gasteiger partial charge < -0.3 is 20.9 Å². The number of anilines is 1. The predicted molar refractivity (Wildman–Crippen MR) is 127 cm³/mol. The number of hydrogen-bond acceptors (Lipinski definition) is 3. The van der Waals surface area contributed by atoms with E-state index in [1.54, 1.807) is 0 Å². The summed E-state index contributed by atoms with van der Waals surface area (Å²) in [5.74, 6) is 0.799. The first-order valence-corrected chi connectivity index (χ1v) is 10.2. The van der Waals surface area contributed by atoms with Crippen LogP contribution in [0.25, 0.3) is 0 Å². The molecule has 1 heterocycles. The third-order valence-corrected chi connectivity index (χ3v) is 4.79. The maximum atomic E-state index is 12.1. The fourth-order valence-corrected chi connectivity index (χ4v) is 3.13. The van der Waals surface area contributed by atoms with Gasteiger partial charge in [0.1, 0.15) is 0 Å². The van der Waals surface area contributed by atoms with E-state index in [4.69, 9.17) is 0 Å². The van der Waals surface area contributed by atoms with Gasteiger partial charge in [-0.05, 0) is 37.6 Å². The van der Waals surface area contributed by atoms with E-state index in [2.05, 4.69) is 36.9 Å². The van der Waals surface area contributed by atoms with Crippen LogP contribution in [-0.2, 0) is 9.59 Å². The van der Waals surface area contributed by atoms with Crippen LogP contribution < -0.4 is 16.0 Å². The molecule has 1 saturated heterocycles. The number of carbonyl (C=O) groups is 2. The predicted octanol–water partition coefficient (Wildman–Crippen LogP) is 2.96. The molecule has 0 saturated carbocycles. The van der Waals surface area contributed by atoms with Gasteiger partial charge in [0.25, 0.3) is 0 Å². The average Bonchev–Trinajstić information content (AvgIpc) is 3.11. The van der Waals surface area contributed by atoms with E-state index in [1.807, 2.05) is 43.0 Å². The van der Waals surface area contributed by atoms with E-state index < -0.39 is 0 Å². The van der Waals surface area contributed by atoms with Crippen LogP contribution in [0.4, 0.5) is 5.69 Å². The van der Waals surface area contributed by atoms with Crippen LogP contribution in [0.5, 0.6) is 0 Å². The zero-order valence-electron chi connectivity index (χ0n) is 16.3. The molecule has 2 rings (SSSR count). The van der Waals surface area contributed by atoms with Crippen molar-refractivity contribution in [3.8, 4) is 0 Å². The van der Waals surface area contributed by atoms with E-state index in [0.717, 1.165) is 29.7 Å². The van der Waals surface area contributed by atoms with Crippen molar-refractivity contribution < 1.29 is 9.59 Å². The molecule has 7 nitrogen and oxygen atoms in total. The molecule has 1 atom stereocenters. The van der Waals surface area contributed by atoms with Gasteiger partial charge in [0, 0.05) is 48.7 Å². The smallest absolute Gasteiger partial charge is 0.226 e. The number of aliphatic imine (C=N–C) groups is 1. The van der Waals surface area contributed by atoms with Gasteiger partial charge in [-0.3, -0.25) is 14.6 Å². The van der Waals surface area contributed by atoms with Gasteiger partial charge >= 0.3 is 0 Å². The van der Waals surface area contributed by atoms with Gasteiger partial charge in [0.15, 0.2) is 5.96 Å². The third kappa shape index (κ3) is 8.34. The molecule has 3 N–H and O–H groups in total. The lowest BCUT2D eigenvalue weighted by atomic mass is 10.3. The van der Waals surface area contributed by atoms with Crippen LogP contribution in [0.2, 0.25) is 0 Å². The van der Waals surface area contributed by atoms with Crippen LogP contribution in [-0.4, -0.2) is 54.9 Å². The number of benzene rings is 1. The summed E-state index contributed by atoms with van der Waals surface area (Å²) in [5.41, 5.74) is 0.767. The molecule has 0 spiro atoms. The number of nitrogens with one attached hydrogen (secondary N) is 3. The van der Waals surface area contributed by atoms with E-state index >= 15 is 0 Å². The van der Waals surface area contributed by atoms with Crippen molar-refractivity contribution in [2.45, 2.75) is 39.2 Å². The first-order chi connectivity index (χ1) is 13.0. The first-order valence-electron chi connectivity index (χ1n) is 9.39. The lowest BCUT2D eigenvalue weighted by molar-refractivity contribution is -0.129. The molecule has 1 aliphatic rings. The van der Waals surface area contributed by atoms with Crippen LogP contribution >= 0.6 is 39.9 Å². The highest BCUT2D eigenvalue weighted by atomic mass is 127. The molecule has 1 aromatic rings. The molecule has 28 heavy (non-hydrogen) atoms. The SMILES string of the molecule is CCNC(=NCCC(=O)Nc1ccc(Br)cc1)NC1CCN(C(=O)CC)C1.I. The number of halogens is 2. The number of hydrogen-bond donors (Lipinski definition) is 3. The molecule has 0 aliphatic carbocycles. The Kier molecular flexibility index (Phi) is 11.4. The lowest BCUT2D eigenvalue weighted by Crippen LogP contribution is -2.45. The van der Waals surface area contributed by atoms with E-state index in [1.165, 1.54) is 0 Å². The average molecular weight is 566 g/mol. The number of nitrogens with zero attached hydrogens (tertiary/aromatic N) is 2. The minimum Gasteiger partial charge on any atom is -0.357 e. The molecule has 1 fully saturated rings. The molecular weight excluding hydrogens is 537 g/mol. The summed E-state index contributed by atoms with van der Waals surface area (Å²) in [5, 5.41) is 9.42. The molecule has 1 aliphatic heterocycles. The van der Waals surface area contributed by atoms with E-state index in [-0.39, 0.29) is 41.8 Å². The molecule has 0 aromatic heterocycles. The molecule has 0 radical (unpaired) electrons. The van der Waals surface area contributed by atoms with Gasteiger partial charge in [0.2, 0.25) is 11.8 Å². The van der Waals surface area contributed by atoms with E-state index in [9.17, 15) is 9.59 Å². The Balaban J connectivity index is 0.00000392. The van der Waals surface area contributed by atoms with Crippen LogP contribution in [0, 0.1) is 0 Å². The van der Waals surface area contributed by atoms with Gasteiger partial charge in [-0.25, -0.2) is 0 Å². The molecule has 0 bridgehead atoms. The Morgan fingerprint density at radius 2 is 1.96 bits per heavy atom. The summed E-state index contributed by atoms with van der Waals surface area (Å²) in [6.45, 7) is 6.48. The number of guanidine groups is 1. The molecule has 9 heteroatoms. The number of likely N-dealkylation sites (tertiary alicyclic amines) is 1. The summed E-state index contributed by atoms with van der Waals surface area (Å²) >= 11 is 3.37. The van der Waals surface area contributed by atoms with Crippen molar-refractivity contribution in [3.05, 3.63) is 28.7 Å². The molecule has 1 unspecified atom stereocenters. The summed E-state index contributed by atoms with van der Waals surface area (Å²) in [4.78, 5) is 30.2. The summed E-state index contributed by atoms with van der Waals surface area (Å²) in [7, 11) is 0. The largest absolute Gasteiger partial charge is 0.357 e. The monoisotopic (exact) mass is 565 g/mol. The molecule has 156 valence electrons. The summed E-state index contributed by atoms with van der Waals surface area (Å²) in [6.07, 6.45) is 1.74. The lowest BCUT2D eigenvalue weighted by Gasteiger charge is -2.18. The fraction of sp³-hybridized carbons (Fsp3) is 0.526. The normalized spacial score (nSPS) is 16.3. The van der Waals surface area contributed by atoms with Crippen LogP contribution in [0.15, 0.2) is 33.7 Å². The molecule has 2 amide bonds. The first kappa shape index (κ1) is 24.7. The standard InChI is InChI=1S/C19H28BrN5O2.HI/c1-3-18(27)25-12-10-16(13-25)24-19(21-4-2)22-11-9-17(26)23-15-7-5-14(20)6-8-15;/h5-8,16H,3-4,9-13H2,1-2H3,(H,23,26)(H2,21,22,24);1H. The van der Waals surface area contributed by atoms with Crippen molar-refractivity contribution in [2.75, 3.05) is 31.5 Å². The van der Waals surface area contributed by atoms with Gasteiger partial charge in [-0.2, -0.15) is 0 Å². The second-order valence-corrected chi connectivity index (χ2v) is 7.30. The van der Waals surface area contributed by atoms with Gasteiger partial charge in [0.05, 0.1) is 6.54 Å². The van der Waals surface area contributed by atoms with Gasteiger partial charge in [-0.1, -0.05) is 22.9 Å². The Morgan fingerprint density at radius 1 is 1.25 bits per heavy atom. The number of carbonyl (C=O) groups excluding carboxylic acids is 2. The highest BCUT2D eigenvalue weighted by molar-refractivity contribution is 14.0. The summed E-state index contributed by atoms with van der Waals surface area (Å²) in [6, 6.07) is 7.65. The Labute approximate surface area is 192 Å². The second kappa shape index (κ2) is 13.0. The van der Waals surface area contributed by atoms with Crippen molar-refractivity contribution in [2.24, 2.45) is 4.99 Å². The van der Waals surface area contributed by atoms with Crippen molar-refractivity contribution >= 4 is 63.4 Å². The summed E-state index contributed by atoms with van der Waals surface area (Å²) < 4.78 is 0.970. The zero-order chi connectivity index (χ0) is 19.6. The molecule has 1 aromatic carbocycles. The minimum atomic E-state index is -0.0718. The fourth-order valence-electron chi connectivity index (χ4n) is 2.87. The van der Waals surface area contributed by atoms with Crippen molar-refractivity contribution in [1.29, 1.82) is 0 Å². The van der Waals surface area contributed by atoms with Crippen molar-refractivity contribution in [1.82, 2.24) is 15.5 Å². The third-order valence-electron chi connectivity index (χ3n) is 4.27. The zero-order valence-corrected chi connectivity index (χ0v) is 20.2. The molecular formula is C19H29BrIN5O2. The highest BCUT2D eigenvalue weighted by Crippen LogP contribution is 2.14. The van der Waals surface area contributed by atoms with Crippen LogP contribution in [0.3, 0.4) is 0 Å². The minimum absolute atomic E-state index is 0. The highest BCUT2D eigenvalue weighted by Gasteiger charge is 2.25. The number of rotatable bonds is 7. The van der Waals surface area contributed by atoms with E-state index in [0.29, 0.717) is 31.9 Å². The van der Waals surface area contributed by atoms with Crippen molar-refractivity contribution in [3.63, 3.8) is 0 Å². The maximum Gasteiger partial charge on any atom is 0.226 e. The maximum absolute atomic E-state index is 12.1. The Bertz CT molecular complexity index is 669. The van der Waals surface area contributed by atoms with Crippen LogP contribution in [0.1, 0.15) is 33.1 Å². The van der Waals surface area contributed by atoms with Gasteiger partial charge in [-0.15, -0.1) is 24.0 Å². The Hall–Kier alpha value is -1.36. The topological polar surface area (TPSA) is 85.8 Å². The number of amides is 2. The Morgan fingerprint density at radius 3 is 2.61 bits per heavy atom.